The van der Waals surface area contributed by atoms with Crippen LogP contribution in [0.1, 0.15) is 24.6 Å². The van der Waals surface area contributed by atoms with Crippen LogP contribution in [0.15, 0.2) is 38.9 Å². The zero-order valence-corrected chi connectivity index (χ0v) is 12.4. The molecule has 0 spiro atoms. The van der Waals surface area contributed by atoms with Crippen LogP contribution in [-0.2, 0) is 10.5 Å². The van der Waals surface area contributed by atoms with Crippen LogP contribution in [0.4, 0.5) is 4.39 Å². The molecule has 1 aliphatic heterocycles. The summed E-state index contributed by atoms with van der Waals surface area (Å²) >= 11 is 1.09. The predicted octanol–water partition coefficient (Wildman–Crippen LogP) is 1.67. The highest BCUT2D eigenvalue weighted by Crippen LogP contribution is 2.22. The molecule has 1 aromatic heterocycles. The van der Waals surface area contributed by atoms with E-state index in [1.165, 1.54) is 6.07 Å². The quantitative estimate of drug-likeness (QED) is 0.866. The first kappa shape index (κ1) is 15.0. The number of ether oxygens (including phenoxy) is 1. The first-order chi connectivity index (χ1) is 10.6. The molecule has 1 saturated heterocycles. The molecule has 2 heterocycles. The maximum absolute atomic E-state index is 13.6. The maximum Gasteiger partial charge on any atom is 0.347 e. The number of aromatic nitrogens is 3. The minimum atomic E-state index is -0.591. The smallest absolute Gasteiger partial charge is 0.347 e. The van der Waals surface area contributed by atoms with E-state index in [1.807, 2.05) is 0 Å². The molecule has 0 amide bonds. The van der Waals surface area contributed by atoms with Crippen molar-refractivity contribution < 1.29 is 9.13 Å². The van der Waals surface area contributed by atoms with E-state index in [2.05, 4.69) is 10.1 Å². The van der Waals surface area contributed by atoms with E-state index in [1.54, 1.807) is 18.2 Å². The number of H-pyrrole nitrogens is 1. The number of thioether (sulfide) groups is 1. The van der Waals surface area contributed by atoms with Gasteiger partial charge in [0.05, 0.1) is 0 Å². The van der Waals surface area contributed by atoms with Crippen molar-refractivity contribution in [3.8, 4) is 0 Å². The van der Waals surface area contributed by atoms with Crippen molar-refractivity contribution in [1.29, 1.82) is 0 Å². The lowest BCUT2D eigenvalue weighted by atomic mass is 10.2. The van der Waals surface area contributed by atoms with Gasteiger partial charge in [-0.15, -0.1) is 0 Å². The summed E-state index contributed by atoms with van der Waals surface area (Å²) < 4.78 is 20.1. The number of halogens is 1. The highest BCUT2D eigenvalue weighted by atomic mass is 32.2. The van der Waals surface area contributed by atoms with Crippen molar-refractivity contribution in [2.45, 2.75) is 29.8 Å². The van der Waals surface area contributed by atoms with Gasteiger partial charge in [0, 0.05) is 12.4 Å². The second-order valence-corrected chi connectivity index (χ2v) is 5.82. The van der Waals surface area contributed by atoms with Gasteiger partial charge in [-0.2, -0.15) is 9.78 Å². The van der Waals surface area contributed by atoms with Crippen molar-refractivity contribution in [3.63, 3.8) is 0 Å². The summed E-state index contributed by atoms with van der Waals surface area (Å²) in [5, 5.41) is 4.20. The zero-order chi connectivity index (χ0) is 15.5. The third-order valence-corrected chi connectivity index (χ3v) is 4.32. The minimum Gasteiger partial charge on any atom is -0.356 e. The van der Waals surface area contributed by atoms with E-state index in [4.69, 9.17) is 4.74 Å². The predicted molar refractivity (Wildman–Crippen MR) is 79.3 cm³/mol. The lowest BCUT2D eigenvalue weighted by Crippen LogP contribution is -2.35. The summed E-state index contributed by atoms with van der Waals surface area (Å²) in [6.45, 7) is 0.565. The summed E-state index contributed by atoms with van der Waals surface area (Å²) in [4.78, 5) is 25.9. The number of aromatic amines is 1. The molecule has 0 bridgehead atoms. The molecule has 1 N–H and O–H groups in total. The summed E-state index contributed by atoms with van der Waals surface area (Å²) in [6, 6.07) is 6.34. The van der Waals surface area contributed by atoms with E-state index >= 15 is 0 Å². The van der Waals surface area contributed by atoms with Crippen molar-refractivity contribution in [3.05, 3.63) is 56.5 Å². The normalized spacial score (nSPS) is 17.8. The van der Waals surface area contributed by atoms with Crippen LogP contribution in [0.25, 0.3) is 0 Å². The molecule has 1 atom stereocenters. The van der Waals surface area contributed by atoms with Gasteiger partial charge in [0.2, 0.25) is 0 Å². The molecule has 0 saturated carbocycles. The van der Waals surface area contributed by atoms with E-state index in [0.29, 0.717) is 18.6 Å². The van der Waals surface area contributed by atoms with Crippen molar-refractivity contribution in [2.75, 3.05) is 6.61 Å². The molecule has 0 radical (unpaired) electrons. The summed E-state index contributed by atoms with van der Waals surface area (Å²) in [7, 11) is 0. The van der Waals surface area contributed by atoms with Crippen LogP contribution in [0.3, 0.4) is 0 Å². The van der Waals surface area contributed by atoms with Crippen LogP contribution in [0.2, 0.25) is 0 Å². The van der Waals surface area contributed by atoms with Gasteiger partial charge in [-0.05, 0) is 24.5 Å². The lowest BCUT2D eigenvalue weighted by molar-refractivity contribution is 0.0395. The van der Waals surface area contributed by atoms with Gasteiger partial charge in [0.25, 0.3) is 5.56 Å². The SMILES string of the molecule is O=c1[nH]c(=O)n([C@H]2CCCO2)nc1SCc1ccccc1F. The Balaban J connectivity index is 1.84. The fourth-order valence-electron chi connectivity index (χ4n) is 2.20. The first-order valence-electron chi connectivity index (χ1n) is 6.86. The summed E-state index contributed by atoms with van der Waals surface area (Å²) in [5.41, 5.74) is -0.684. The monoisotopic (exact) mass is 323 g/mol. The van der Waals surface area contributed by atoms with Crippen LogP contribution in [0, 0.1) is 5.82 Å². The maximum atomic E-state index is 13.6. The number of nitrogens with zero attached hydrogens (tertiary/aromatic N) is 2. The fraction of sp³-hybridized carbons (Fsp3) is 0.357. The Morgan fingerprint density at radius 2 is 2.23 bits per heavy atom. The van der Waals surface area contributed by atoms with E-state index in [-0.39, 0.29) is 16.6 Å². The third-order valence-electron chi connectivity index (χ3n) is 3.32. The number of rotatable bonds is 4. The van der Waals surface area contributed by atoms with Crippen molar-refractivity contribution in [1.82, 2.24) is 14.8 Å². The lowest BCUT2D eigenvalue weighted by Gasteiger charge is -2.12. The Hall–Kier alpha value is -1.93. The largest absolute Gasteiger partial charge is 0.356 e. The number of benzene rings is 1. The van der Waals surface area contributed by atoms with E-state index < -0.39 is 17.5 Å². The van der Waals surface area contributed by atoms with Gasteiger partial charge >= 0.3 is 5.69 Å². The highest BCUT2D eigenvalue weighted by molar-refractivity contribution is 7.98. The molecule has 6 nitrogen and oxygen atoms in total. The molecular formula is C14H14FN3O3S. The second-order valence-electron chi connectivity index (χ2n) is 4.86. The standard InChI is InChI=1S/C14H14FN3O3S/c15-10-5-2-1-4-9(10)8-22-13-12(19)16-14(20)18(17-13)11-6-3-7-21-11/h1-2,4-5,11H,3,6-8H2,(H,16,19,20)/t11-/m1/s1. The van der Waals surface area contributed by atoms with Crippen LogP contribution >= 0.6 is 11.8 Å². The van der Waals surface area contributed by atoms with Crippen LogP contribution in [-0.4, -0.2) is 21.4 Å². The molecule has 3 rings (SSSR count). The molecule has 1 aliphatic rings. The molecule has 0 unspecified atom stereocenters. The van der Waals surface area contributed by atoms with Gasteiger partial charge in [0.1, 0.15) is 5.82 Å². The average Bonchev–Trinajstić information content (AvgIpc) is 3.02. The molecule has 116 valence electrons. The molecule has 8 heteroatoms. The Morgan fingerprint density at radius 3 is 2.95 bits per heavy atom. The number of hydrogen-bond acceptors (Lipinski definition) is 5. The van der Waals surface area contributed by atoms with Crippen molar-refractivity contribution in [2.24, 2.45) is 0 Å². The van der Waals surface area contributed by atoms with Crippen LogP contribution < -0.4 is 11.2 Å². The Kier molecular flexibility index (Phi) is 4.39. The van der Waals surface area contributed by atoms with Gasteiger partial charge < -0.3 is 4.74 Å². The van der Waals surface area contributed by atoms with Gasteiger partial charge in [-0.3, -0.25) is 9.78 Å². The fourth-order valence-corrected chi connectivity index (χ4v) is 3.06. The highest BCUT2D eigenvalue weighted by Gasteiger charge is 2.21. The van der Waals surface area contributed by atoms with Gasteiger partial charge in [0.15, 0.2) is 11.3 Å². The number of hydrogen-bond donors (Lipinski definition) is 1. The van der Waals surface area contributed by atoms with E-state index in [9.17, 15) is 14.0 Å². The molecule has 1 fully saturated rings. The second kappa shape index (κ2) is 6.45. The average molecular weight is 323 g/mol. The Bertz CT molecular complexity index is 783. The number of nitrogens with one attached hydrogen (secondary N) is 1. The molecular weight excluding hydrogens is 309 g/mol. The first-order valence-corrected chi connectivity index (χ1v) is 7.84. The molecule has 1 aromatic carbocycles. The van der Waals surface area contributed by atoms with Crippen molar-refractivity contribution >= 4 is 11.8 Å². The minimum absolute atomic E-state index is 0.123. The molecule has 22 heavy (non-hydrogen) atoms. The van der Waals surface area contributed by atoms with Gasteiger partial charge in [-0.1, -0.05) is 30.0 Å². The summed E-state index contributed by atoms with van der Waals surface area (Å²) in [6.07, 6.45) is 1.07. The molecule has 2 aromatic rings. The molecule has 0 aliphatic carbocycles. The zero-order valence-electron chi connectivity index (χ0n) is 11.6. The topological polar surface area (TPSA) is 77.0 Å². The van der Waals surface area contributed by atoms with Gasteiger partial charge in [-0.25, -0.2) is 9.18 Å². The summed E-state index contributed by atoms with van der Waals surface area (Å²) in [5.74, 6) is -0.0779. The Morgan fingerprint density at radius 1 is 1.41 bits per heavy atom. The Labute approximate surface area is 129 Å². The van der Waals surface area contributed by atoms with E-state index in [0.717, 1.165) is 22.9 Å². The van der Waals surface area contributed by atoms with Crippen LogP contribution in [0.5, 0.6) is 0 Å². The third kappa shape index (κ3) is 3.12.